The molecule has 0 fully saturated rings. The number of amidine groups is 1. The topological polar surface area (TPSA) is 64.9 Å². The van der Waals surface area contributed by atoms with E-state index < -0.39 is 35.4 Å². The zero-order chi connectivity index (χ0) is 20.7. The molecule has 0 amide bonds. The van der Waals surface area contributed by atoms with Gasteiger partial charge in [-0.2, -0.15) is 31.4 Å². The van der Waals surface area contributed by atoms with Crippen molar-refractivity contribution in [1.82, 2.24) is 5.43 Å². The number of rotatable bonds is 3. The summed E-state index contributed by atoms with van der Waals surface area (Å²) < 4.78 is 77.2. The number of aldehydes is 1. The lowest BCUT2D eigenvalue weighted by molar-refractivity contribution is -0.138. The highest BCUT2D eigenvalue weighted by Gasteiger charge is 2.36. The number of alkyl halides is 6. The van der Waals surface area contributed by atoms with Gasteiger partial charge in [0.2, 0.25) is 0 Å². The highest BCUT2D eigenvalue weighted by Crippen LogP contribution is 2.38. The number of phenols is 1. The Kier molecular flexibility index (Phi) is 4.69. The molecule has 2 aromatic rings. The molecule has 0 aliphatic carbocycles. The minimum absolute atomic E-state index is 0.0988. The van der Waals surface area contributed by atoms with E-state index in [4.69, 9.17) is 0 Å². The average Bonchev–Trinajstić information content (AvgIpc) is 3.04. The van der Waals surface area contributed by atoms with Crippen molar-refractivity contribution >= 4 is 17.8 Å². The van der Waals surface area contributed by atoms with Crippen molar-refractivity contribution in [2.24, 2.45) is 5.10 Å². The standard InChI is InChI=1S/C17H11F6N3O2/c18-16(19,20)10-3-1-9(2-4-10)15-25-24-14(8-27)26(15)12-7-11(17(21,22)23)5-6-13(12)28/h1-8,14,24,28H. The fourth-order valence-corrected chi connectivity index (χ4v) is 2.63. The summed E-state index contributed by atoms with van der Waals surface area (Å²) in [7, 11) is 0. The number of hydrogen-bond donors (Lipinski definition) is 2. The van der Waals surface area contributed by atoms with Crippen LogP contribution in [0.4, 0.5) is 32.0 Å². The lowest BCUT2D eigenvalue weighted by atomic mass is 10.1. The van der Waals surface area contributed by atoms with E-state index in [1.165, 1.54) is 0 Å². The molecule has 0 saturated carbocycles. The molecule has 2 N–H and O–H groups in total. The number of aromatic hydroxyl groups is 1. The molecule has 3 rings (SSSR count). The molecule has 2 aromatic carbocycles. The van der Waals surface area contributed by atoms with E-state index in [9.17, 15) is 36.2 Å². The molecule has 0 bridgehead atoms. The molecule has 1 heterocycles. The molecule has 1 aliphatic rings. The Bertz CT molecular complexity index is 922. The predicted molar refractivity (Wildman–Crippen MR) is 86.6 cm³/mol. The van der Waals surface area contributed by atoms with E-state index in [1.807, 2.05) is 0 Å². The first-order valence-corrected chi connectivity index (χ1v) is 7.68. The molecule has 0 radical (unpaired) electrons. The van der Waals surface area contributed by atoms with Gasteiger partial charge in [0, 0.05) is 5.56 Å². The van der Waals surface area contributed by atoms with E-state index in [0.29, 0.717) is 18.4 Å². The number of phenolic OH excluding ortho intramolecular Hbond substituents is 1. The Hall–Kier alpha value is -3.24. The summed E-state index contributed by atoms with van der Waals surface area (Å²) in [4.78, 5) is 12.3. The first-order chi connectivity index (χ1) is 13.0. The number of benzene rings is 2. The van der Waals surface area contributed by atoms with E-state index in [2.05, 4.69) is 10.5 Å². The molecule has 11 heteroatoms. The Morgan fingerprint density at radius 1 is 0.964 bits per heavy atom. The molecular weight excluding hydrogens is 392 g/mol. The summed E-state index contributed by atoms with van der Waals surface area (Å²) in [5, 5.41) is 13.9. The molecule has 1 atom stereocenters. The molecule has 28 heavy (non-hydrogen) atoms. The predicted octanol–water partition coefficient (Wildman–Crippen LogP) is 3.73. The van der Waals surface area contributed by atoms with Gasteiger partial charge in [0.25, 0.3) is 0 Å². The fourth-order valence-electron chi connectivity index (χ4n) is 2.63. The van der Waals surface area contributed by atoms with Crippen LogP contribution in [-0.4, -0.2) is 23.4 Å². The van der Waals surface area contributed by atoms with Crippen LogP contribution in [-0.2, 0) is 17.1 Å². The molecule has 1 unspecified atom stereocenters. The van der Waals surface area contributed by atoms with Gasteiger partial charge >= 0.3 is 12.4 Å². The van der Waals surface area contributed by atoms with Crippen molar-refractivity contribution in [2.75, 3.05) is 4.90 Å². The lowest BCUT2D eigenvalue weighted by Crippen LogP contribution is -2.42. The highest BCUT2D eigenvalue weighted by atomic mass is 19.4. The first-order valence-electron chi connectivity index (χ1n) is 7.68. The Balaban J connectivity index is 2.06. The smallest absolute Gasteiger partial charge is 0.416 e. The summed E-state index contributed by atoms with van der Waals surface area (Å²) >= 11 is 0. The van der Waals surface area contributed by atoms with Crippen LogP contribution in [0, 0.1) is 0 Å². The van der Waals surface area contributed by atoms with Crippen LogP contribution in [0.1, 0.15) is 16.7 Å². The van der Waals surface area contributed by atoms with Gasteiger partial charge in [0.05, 0.1) is 16.8 Å². The van der Waals surface area contributed by atoms with Crippen molar-refractivity contribution in [2.45, 2.75) is 18.5 Å². The van der Waals surface area contributed by atoms with Gasteiger partial charge in [0.1, 0.15) is 5.75 Å². The summed E-state index contributed by atoms with van der Waals surface area (Å²) in [5.74, 6) is -0.691. The minimum Gasteiger partial charge on any atom is -0.506 e. The molecular formula is C17H11F6N3O2. The maximum atomic E-state index is 13.0. The van der Waals surface area contributed by atoms with Gasteiger partial charge in [-0.3, -0.25) is 15.1 Å². The van der Waals surface area contributed by atoms with Crippen LogP contribution in [0.5, 0.6) is 5.75 Å². The zero-order valence-corrected chi connectivity index (χ0v) is 13.7. The van der Waals surface area contributed by atoms with Crippen molar-refractivity contribution in [3.63, 3.8) is 0 Å². The second-order valence-corrected chi connectivity index (χ2v) is 5.79. The molecule has 0 aromatic heterocycles. The fraction of sp³-hybridized carbons (Fsp3) is 0.176. The van der Waals surface area contributed by atoms with Crippen molar-refractivity contribution in [3.8, 4) is 5.75 Å². The van der Waals surface area contributed by atoms with Gasteiger partial charge in [-0.05, 0) is 30.3 Å². The SMILES string of the molecule is O=CC1NN=C(c2ccc(C(F)(F)F)cc2)N1c1cc(C(F)(F)F)ccc1O. The Labute approximate surface area is 153 Å². The number of carbonyl (C=O) groups excluding carboxylic acids is 1. The number of nitrogens with one attached hydrogen (secondary N) is 1. The van der Waals surface area contributed by atoms with Crippen LogP contribution in [0.2, 0.25) is 0 Å². The van der Waals surface area contributed by atoms with Gasteiger partial charge in [-0.1, -0.05) is 12.1 Å². The van der Waals surface area contributed by atoms with Gasteiger partial charge in [0.15, 0.2) is 18.3 Å². The van der Waals surface area contributed by atoms with Crippen LogP contribution in [0.3, 0.4) is 0 Å². The Morgan fingerprint density at radius 3 is 2.07 bits per heavy atom. The number of anilines is 1. The quantitative estimate of drug-likeness (QED) is 0.606. The monoisotopic (exact) mass is 403 g/mol. The summed E-state index contributed by atoms with van der Waals surface area (Å²) in [6, 6.07) is 5.77. The maximum absolute atomic E-state index is 13.0. The van der Waals surface area contributed by atoms with Crippen LogP contribution in [0.15, 0.2) is 47.6 Å². The third-order valence-electron chi connectivity index (χ3n) is 3.97. The number of nitrogens with zero attached hydrogens (tertiary/aromatic N) is 2. The van der Waals surface area contributed by atoms with Crippen LogP contribution >= 0.6 is 0 Å². The van der Waals surface area contributed by atoms with Gasteiger partial charge in [-0.25, -0.2) is 0 Å². The third-order valence-corrected chi connectivity index (χ3v) is 3.97. The number of carbonyl (C=O) groups is 1. The number of hydrogen-bond acceptors (Lipinski definition) is 5. The average molecular weight is 403 g/mol. The third kappa shape index (κ3) is 3.59. The van der Waals surface area contributed by atoms with Crippen molar-refractivity contribution in [3.05, 3.63) is 59.2 Å². The zero-order valence-electron chi connectivity index (χ0n) is 13.7. The van der Waals surface area contributed by atoms with E-state index in [-0.39, 0.29) is 17.1 Å². The largest absolute Gasteiger partial charge is 0.506 e. The molecule has 0 saturated heterocycles. The normalized spacial score (nSPS) is 17.3. The second-order valence-electron chi connectivity index (χ2n) is 5.79. The van der Waals surface area contributed by atoms with E-state index >= 15 is 0 Å². The minimum atomic E-state index is -4.71. The van der Waals surface area contributed by atoms with Crippen molar-refractivity contribution in [1.29, 1.82) is 0 Å². The van der Waals surface area contributed by atoms with Crippen molar-refractivity contribution < 1.29 is 36.2 Å². The maximum Gasteiger partial charge on any atom is 0.416 e. The molecule has 148 valence electrons. The first kappa shape index (κ1) is 19.5. The number of halogens is 6. The second kappa shape index (κ2) is 6.73. The van der Waals surface area contributed by atoms with Crippen LogP contribution < -0.4 is 10.3 Å². The summed E-state index contributed by atoms with van der Waals surface area (Å²) in [6.45, 7) is 0. The molecule has 0 spiro atoms. The van der Waals surface area contributed by atoms with E-state index in [1.54, 1.807) is 0 Å². The van der Waals surface area contributed by atoms with Gasteiger partial charge < -0.3 is 5.11 Å². The van der Waals surface area contributed by atoms with E-state index in [0.717, 1.165) is 35.2 Å². The molecule has 1 aliphatic heterocycles. The lowest BCUT2D eigenvalue weighted by Gasteiger charge is -2.25. The summed E-state index contributed by atoms with van der Waals surface area (Å²) in [5.41, 5.74) is 0.0770. The summed E-state index contributed by atoms with van der Waals surface area (Å²) in [6.07, 6.45) is -10.2. The van der Waals surface area contributed by atoms with Crippen LogP contribution in [0.25, 0.3) is 0 Å². The van der Waals surface area contributed by atoms with Gasteiger partial charge in [-0.15, -0.1) is 0 Å². The molecule has 5 nitrogen and oxygen atoms in total. The number of hydrazone groups is 1. The highest BCUT2D eigenvalue weighted by molar-refractivity contribution is 6.13. The Morgan fingerprint density at radius 2 is 1.54 bits per heavy atom.